The van der Waals surface area contributed by atoms with Crippen LogP contribution in [0.25, 0.3) is 21.8 Å². The van der Waals surface area contributed by atoms with E-state index in [1.807, 2.05) is 55.5 Å². The molecule has 0 bridgehead atoms. The standard InChI is InChI=1S/C21H19N7O/c1-12(27-28-21(22)23)13-4-6-18-15(9-13)11-19(26-18)20(29)25-16-5-7-17-14(10-16)3-2-8-24-17/h2-11,26H,1H3,(H,25,29)(H4,22,23,28)/b27-12-. The zero-order chi connectivity index (χ0) is 20.4. The molecule has 0 aliphatic heterocycles. The molecule has 8 heteroatoms. The van der Waals surface area contributed by atoms with Crippen molar-refractivity contribution >= 4 is 45.1 Å². The second-order valence-corrected chi connectivity index (χ2v) is 6.56. The third-order valence-electron chi connectivity index (χ3n) is 4.46. The molecule has 6 N–H and O–H groups in total. The summed E-state index contributed by atoms with van der Waals surface area (Å²) in [5.74, 6) is -0.326. The summed E-state index contributed by atoms with van der Waals surface area (Å²) >= 11 is 0. The van der Waals surface area contributed by atoms with Crippen LogP contribution in [0.3, 0.4) is 0 Å². The Bertz CT molecular complexity index is 1280. The first kappa shape index (κ1) is 18.2. The van der Waals surface area contributed by atoms with Crippen LogP contribution in [0.15, 0.2) is 71.0 Å². The van der Waals surface area contributed by atoms with Crippen molar-refractivity contribution in [1.29, 1.82) is 0 Å². The molecule has 4 aromatic rings. The molecule has 0 saturated heterocycles. The van der Waals surface area contributed by atoms with Crippen LogP contribution in [-0.2, 0) is 0 Å². The molecule has 0 atom stereocenters. The van der Waals surface area contributed by atoms with E-state index in [4.69, 9.17) is 11.5 Å². The van der Waals surface area contributed by atoms with Gasteiger partial charge in [0, 0.05) is 28.2 Å². The molecular weight excluding hydrogens is 366 g/mol. The minimum atomic E-state index is -0.225. The molecule has 2 aromatic heterocycles. The van der Waals surface area contributed by atoms with Gasteiger partial charge in [-0.25, -0.2) is 0 Å². The van der Waals surface area contributed by atoms with Gasteiger partial charge in [-0.05, 0) is 55.0 Å². The number of benzene rings is 2. The fourth-order valence-corrected chi connectivity index (χ4v) is 3.02. The van der Waals surface area contributed by atoms with Crippen molar-refractivity contribution in [3.8, 4) is 0 Å². The molecule has 0 fully saturated rings. The van der Waals surface area contributed by atoms with E-state index < -0.39 is 0 Å². The molecule has 2 aromatic carbocycles. The summed E-state index contributed by atoms with van der Waals surface area (Å²) in [5.41, 5.74) is 15.0. The monoisotopic (exact) mass is 385 g/mol. The zero-order valence-electron chi connectivity index (χ0n) is 15.7. The third kappa shape index (κ3) is 3.91. The number of nitrogens with two attached hydrogens (primary N) is 2. The number of amides is 1. The highest BCUT2D eigenvalue weighted by Gasteiger charge is 2.11. The number of hydrogen-bond donors (Lipinski definition) is 4. The molecule has 0 aliphatic carbocycles. The maximum absolute atomic E-state index is 12.7. The van der Waals surface area contributed by atoms with E-state index in [0.717, 1.165) is 27.4 Å². The highest BCUT2D eigenvalue weighted by molar-refractivity contribution is 6.08. The number of rotatable bonds is 4. The van der Waals surface area contributed by atoms with Crippen LogP contribution in [0.1, 0.15) is 23.0 Å². The van der Waals surface area contributed by atoms with Crippen molar-refractivity contribution in [3.63, 3.8) is 0 Å². The molecule has 0 aliphatic rings. The number of pyridine rings is 1. The van der Waals surface area contributed by atoms with Gasteiger partial charge in [0.15, 0.2) is 0 Å². The summed E-state index contributed by atoms with van der Waals surface area (Å²) in [6.45, 7) is 1.81. The number of guanidine groups is 1. The Hall–Kier alpha value is -4.20. The fourth-order valence-electron chi connectivity index (χ4n) is 3.02. The minimum absolute atomic E-state index is 0.101. The van der Waals surface area contributed by atoms with Crippen LogP contribution >= 0.6 is 0 Å². The summed E-state index contributed by atoms with van der Waals surface area (Å²) in [4.78, 5) is 20.1. The quantitative estimate of drug-likeness (QED) is 0.244. The van der Waals surface area contributed by atoms with Gasteiger partial charge in [0.05, 0.1) is 11.2 Å². The number of nitrogens with zero attached hydrogens (tertiary/aromatic N) is 3. The molecule has 0 saturated carbocycles. The average molecular weight is 385 g/mol. The molecule has 4 rings (SSSR count). The molecule has 0 spiro atoms. The SMILES string of the molecule is C/C(=N/N=C(N)N)c1ccc2[nH]c(C(=O)Nc3ccc4ncccc4c3)cc2c1. The van der Waals surface area contributed by atoms with E-state index >= 15 is 0 Å². The van der Waals surface area contributed by atoms with Crippen LogP contribution in [0.2, 0.25) is 0 Å². The summed E-state index contributed by atoms with van der Waals surface area (Å²) in [7, 11) is 0. The van der Waals surface area contributed by atoms with E-state index in [2.05, 4.69) is 25.5 Å². The Balaban J connectivity index is 1.59. The fraction of sp³-hybridized carbons (Fsp3) is 0.0476. The number of carbonyl (C=O) groups excluding carboxylic acids is 1. The summed E-state index contributed by atoms with van der Waals surface area (Å²) in [6.07, 6.45) is 1.74. The van der Waals surface area contributed by atoms with Crippen molar-refractivity contribution < 1.29 is 4.79 Å². The Kier molecular flexibility index (Phi) is 4.66. The molecule has 29 heavy (non-hydrogen) atoms. The first-order chi connectivity index (χ1) is 14.0. The van der Waals surface area contributed by atoms with Gasteiger partial charge in [-0.1, -0.05) is 12.1 Å². The smallest absolute Gasteiger partial charge is 0.272 e. The molecule has 0 unspecified atom stereocenters. The lowest BCUT2D eigenvalue weighted by Gasteiger charge is -2.05. The highest BCUT2D eigenvalue weighted by Crippen LogP contribution is 2.21. The van der Waals surface area contributed by atoms with Crippen molar-refractivity contribution in [1.82, 2.24) is 9.97 Å². The van der Waals surface area contributed by atoms with E-state index in [0.29, 0.717) is 17.1 Å². The zero-order valence-corrected chi connectivity index (χ0v) is 15.7. The summed E-state index contributed by atoms with van der Waals surface area (Å²) in [6, 6.07) is 16.9. The van der Waals surface area contributed by atoms with Gasteiger partial charge >= 0.3 is 0 Å². The lowest BCUT2D eigenvalue weighted by atomic mass is 10.1. The number of fused-ring (bicyclic) bond motifs is 2. The maximum Gasteiger partial charge on any atom is 0.272 e. The number of aromatic amines is 1. The van der Waals surface area contributed by atoms with Gasteiger partial charge in [0.25, 0.3) is 5.91 Å². The molecule has 1 amide bonds. The van der Waals surface area contributed by atoms with Gasteiger partial charge in [-0.2, -0.15) is 5.10 Å². The molecule has 2 heterocycles. The van der Waals surface area contributed by atoms with Gasteiger partial charge in [0.2, 0.25) is 5.96 Å². The Labute approximate surface area is 166 Å². The van der Waals surface area contributed by atoms with Crippen LogP contribution in [0.5, 0.6) is 0 Å². The molecule has 8 nitrogen and oxygen atoms in total. The van der Waals surface area contributed by atoms with Crippen molar-refractivity contribution in [2.45, 2.75) is 6.92 Å². The topological polar surface area (TPSA) is 135 Å². The van der Waals surface area contributed by atoms with E-state index in [1.165, 1.54) is 0 Å². The van der Waals surface area contributed by atoms with Crippen molar-refractivity contribution in [3.05, 3.63) is 72.1 Å². The minimum Gasteiger partial charge on any atom is -0.369 e. The normalized spacial score (nSPS) is 11.6. The average Bonchev–Trinajstić information content (AvgIpc) is 3.15. The summed E-state index contributed by atoms with van der Waals surface area (Å²) < 4.78 is 0. The van der Waals surface area contributed by atoms with Crippen molar-refractivity contribution in [2.75, 3.05) is 5.32 Å². The third-order valence-corrected chi connectivity index (χ3v) is 4.46. The van der Waals surface area contributed by atoms with Crippen LogP contribution < -0.4 is 16.8 Å². The number of nitrogens with one attached hydrogen (secondary N) is 2. The van der Waals surface area contributed by atoms with E-state index in [9.17, 15) is 4.79 Å². The number of aromatic nitrogens is 2. The number of hydrogen-bond acceptors (Lipinski definition) is 4. The maximum atomic E-state index is 12.7. The van der Waals surface area contributed by atoms with Gasteiger partial charge in [-0.3, -0.25) is 9.78 Å². The molecule has 0 radical (unpaired) electrons. The van der Waals surface area contributed by atoms with Crippen LogP contribution in [-0.4, -0.2) is 27.5 Å². The van der Waals surface area contributed by atoms with Gasteiger partial charge in [-0.15, -0.1) is 5.10 Å². The second-order valence-electron chi connectivity index (χ2n) is 6.56. The first-order valence-electron chi connectivity index (χ1n) is 8.92. The Morgan fingerprint density at radius 1 is 1.03 bits per heavy atom. The predicted octanol–water partition coefficient (Wildman–Crippen LogP) is 2.97. The summed E-state index contributed by atoms with van der Waals surface area (Å²) in [5, 5.41) is 12.4. The Morgan fingerprint density at radius 2 is 1.90 bits per heavy atom. The Morgan fingerprint density at radius 3 is 2.72 bits per heavy atom. The first-order valence-corrected chi connectivity index (χ1v) is 8.92. The van der Waals surface area contributed by atoms with Gasteiger partial charge < -0.3 is 21.8 Å². The predicted molar refractivity (Wildman–Crippen MR) is 116 cm³/mol. The van der Waals surface area contributed by atoms with Crippen LogP contribution in [0, 0.1) is 0 Å². The van der Waals surface area contributed by atoms with E-state index in [-0.39, 0.29) is 11.9 Å². The van der Waals surface area contributed by atoms with Gasteiger partial charge in [0.1, 0.15) is 5.69 Å². The lowest BCUT2D eigenvalue weighted by molar-refractivity contribution is 0.102. The largest absolute Gasteiger partial charge is 0.369 e. The molecule has 144 valence electrons. The highest BCUT2D eigenvalue weighted by atomic mass is 16.1. The number of anilines is 1. The van der Waals surface area contributed by atoms with E-state index in [1.54, 1.807) is 12.3 Å². The lowest BCUT2D eigenvalue weighted by Crippen LogP contribution is -2.22. The number of H-pyrrole nitrogens is 1. The number of carbonyl (C=O) groups is 1. The second kappa shape index (κ2) is 7.43. The van der Waals surface area contributed by atoms with Crippen molar-refractivity contribution in [2.24, 2.45) is 21.7 Å². The van der Waals surface area contributed by atoms with Crippen LogP contribution in [0.4, 0.5) is 5.69 Å². The molecular formula is C21H19N7O.